The lowest BCUT2D eigenvalue weighted by atomic mass is 9.80. The molecular weight excluding hydrogens is 427 g/mol. The van der Waals surface area contributed by atoms with Crippen LogP contribution in [0.2, 0.25) is 10.0 Å². The van der Waals surface area contributed by atoms with Crippen LogP contribution in [0.4, 0.5) is 5.69 Å². The van der Waals surface area contributed by atoms with Crippen LogP contribution in [0, 0.1) is 5.41 Å². The Hall–Kier alpha value is -1.10. The van der Waals surface area contributed by atoms with Gasteiger partial charge in [0.15, 0.2) is 0 Å². The molecule has 11 heteroatoms. The molecule has 28 heavy (non-hydrogen) atoms. The number of rotatable bonds is 5. The van der Waals surface area contributed by atoms with E-state index in [1.165, 1.54) is 4.31 Å². The van der Waals surface area contributed by atoms with Crippen molar-refractivity contribution >= 4 is 44.8 Å². The summed E-state index contributed by atoms with van der Waals surface area (Å²) in [6.07, 6.45) is 0.710. The fraction of sp³-hybridized carbons (Fsp3) is 0.588. The zero-order valence-electron chi connectivity index (χ0n) is 15.3. The molecule has 8 nitrogen and oxygen atoms in total. The maximum Gasteiger partial charge on any atom is 0.250 e. The van der Waals surface area contributed by atoms with Gasteiger partial charge in [-0.3, -0.25) is 10.0 Å². The topological polar surface area (TPSA) is 102 Å². The third-order valence-corrected chi connectivity index (χ3v) is 8.17. The predicted octanol–water partition coefficient (Wildman–Crippen LogP) is 1.32. The molecule has 1 aromatic rings. The highest BCUT2D eigenvalue weighted by Gasteiger charge is 2.45. The number of para-hydroxylation sites is 1. The maximum absolute atomic E-state index is 13.0. The van der Waals surface area contributed by atoms with E-state index in [0.29, 0.717) is 54.8 Å². The molecular formula is C17H24Cl2N4O4S. The number of benzene rings is 1. The van der Waals surface area contributed by atoms with Crippen molar-refractivity contribution in [2.75, 3.05) is 49.9 Å². The highest BCUT2D eigenvalue weighted by Crippen LogP contribution is 2.35. The molecule has 3 N–H and O–H groups in total. The number of anilines is 1. The van der Waals surface area contributed by atoms with E-state index in [0.717, 1.165) is 0 Å². The summed E-state index contributed by atoms with van der Waals surface area (Å²) in [5.41, 5.74) is 1.24. The smallest absolute Gasteiger partial charge is 0.250 e. The zero-order chi connectivity index (χ0) is 20.4. The Morgan fingerprint density at radius 2 is 1.71 bits per heavy atom. The first kappa shape index (κ1) is 21.6. The fourth-order valence-electron chi connectivity index (χ4n) is 3.88. The molecule has 0 aliphatic carbocycles. The second-order valence-corrected chi connectivity index (χ2v) is 9.97. The Morgan fingerprint density at radius 3 is 2.25 bits per heavy atom. The van der Waals surface area contributed by atoms with Crippen LogP contribution < -0.4 is 15.7 Å². The Kier molecular flexibility index (Phi) is 6.73. The van der Waals surface area contributed by atoms with Gasteiger partial charge in [0.05, 0.1) is 26.9 Å². The first-order valence-corrected chi connectivity index (χ1v) is 11.5. The third kappa shape index (κ3) is 4.39. The fourth-order valence-corrected chi connectivity index (χ4v) is 6.54. The Bertz CT molecular complexity index is 802. The van der Waals surface area contributed by atoms with Gasteiger partial charge in [0.2, 0.25) is 10.0 Å². The lowest BCUT2D eigenvalue weighted by Gasteiger charge is -2.39. The maximum atomic E-state index is 13.0. The zero-order valence-corrected chi connectivity index (χ0v) is 17.7. The Morgan fingerprint density at radius 1 is 1.14 bits per heavy atom. The summed E-state index contributed by atoms with van der Waals surface area (Å²) in [7, 11) is -3.68. The number of piperazine rings is 1. The minimum absolute atomic E-state index is 0.277. The first-order chi connectivity index (χ1) is 13.3. The number of hydrogen-bond donors (Lipinski definition) is 3. The van der Waals surface area contributed by atoms with Crippen molar-refractivity contribution in [3.8, 4) is 0 Å². The lowest BCUT2D eigenvalue weighted by Crippen LogP contribution is -2.55. The van der Waals surface area contributed by atoms with Crippen molar-refractivity contribution in [1.82, 2.24) is 15.1 Å². The van der Waals surface area contributed by atoms with Gasteiger partial charge in [-0.05, 0) is 38.1 Å². The van der Waals surface area contributed by atoms with Gasteiger partial charge in [0.25, 0.3) is 5.91 Å². The van der Waals surface area contributed by atoms with E-state index in [1.807, 2.05) is 4.90 Å². The number of carbonyl (C=O) groups is 1. The standard InChI is InChI=1S/C17H24Cl2N4O4S/c18-13-2-1-3-14(19)15(13)22-8-10-23(11-9-22)28(26,27)12-17(16(24)21-25)4-6-20-7-5-17/h1-3,20,25H,4-12H2,(H,21,24). The number of piperidine rings is 1. The van der Waals surface area contributed by atoms with Crippen molar-refractivity contribution in [3.05, 3.63) is 28.2 Å². The molecule has 3 rings (SSSR count). The average molecular weight is 451 g/mol. The SMILES string of the molecule is O=C(NO)C1(CS(=O)(=O)N2CCN(c3c(Cl)cccc3Cl)CC2)CCNCC1. The van der Waals surface area contributed by atoms with E-state index < -0.39 is 21.3 Å². The molecule has 1 amide bonds. The van der Waals surface area contributed by atoms with Crippen molar-refractivity contribution in [2.24, 2.45) is 5.41 Å². The highest BCUT2D eigenvalue weighted by atomic mass is 35.5. The Labute approximate surface area is 174 Å². The summed E-state index contributed by atoms with van der Waals surface area (Å²) in [5, 5.41) is 13.3. The van der Waals surface area contributed by atoms with Crippen molar-refractivity contribution in [2.45, 2.75) is 12.8 Å². The highest BCUT2D eigenvalue weighted by molar-refractivity contribution is 7.89. The van der Waals surface area contributed by atoms with Crippen LogP contribution in [0.3, 0.4) is 0 Å². The molecule has 0 spiro atoms. The van der Waals surface area contributed by atoms with Gasteiger partial charge >= 0.3 is 0 Å². The molecule has 2 fully saturated rings. The van der Waals surface area contributed by atoms with Gasteiger partial charge in [-0.15, -0.1) is 0 Å². The monoisotopic (exact) mass is 450 g/mol. The number of sulfonamides is 1. The molecule has 2 saturated heterocycles. The minimum Gasteiger partial charge on any atom is -0.366 e. The number of halogens is 2. The normalized spacial score (nSPS) is 20.8. The van der Waals surface area contributed by atoms with Gasteiger partial charge in [-0.1, -0.05) is 29.3 Å². The summed E-state index contributed by atoms with van der Waals surface area (Å²) in [5.74, 6) is -0.958. The van der Waals surface area contributed by atoms with E-state index in [-0.39, 0.29) is 18.8 Å². The molecule has 0 aromatic heterocycles. The van der Waals surface area contributed by atoms with E-state index in [2.05, 4.69) is 5.32 Å². The van der Waals surface area contributed by atoms with Crippen molar-refractivity contribution < 1.29 is 18.4 Å². The molecule has 2 aliphatic rings. The lowest BCUT2D eigenvalue weighted by molar-refractivity contribution is -0.140. The third-order valence-electron chi connectivity index (χ3n) is 5.49. The molecule has 0 atom stereocenters. The van der Waals surface area contributed by atoms with E-state index in [9.17, 15) is 13.2 Å². The number of hydroxylamine groups is 1. The summed E-state index contributed by atoms with van der Waals surface area (Å²) in [6.45, 7) is 2.51. The van der Waals surface area contributed by atoms with Crippen LogP contribution in [-0.2, 0) is 14.8 Å². The number of carbonyl (C=O) groups excluding carboxylic acids is 1. The van der Waals surface area contributed by atoms with Crippen LogP contribution in [0.5, 0.6) is 0 Å². The molecule has 0 bridgehead atoms. The first-order valence-electron chi connectivity index (χ1n) is 9.11. The van der Waals surface area contributed by atoms with Crippen LogP contribution in [0.1, 0.15) is 12.8 Å². The van der Waals surface area contributed by atoms with E-state index in [4.69, 9.17) is 28.4 Å². The minimum atomic E-state index is -3.68. The number of amides is 1. The molecule has 156 valence electrons. The van der Waals surface area contributed by atoms with Gasteiger partial charge < -0.3 is 10.2 Å². The summed E-state index contributed by atoms with van der Waals surface area (Å²) in [6, 6.07) is 5.26. The second-order valence-electron chi connectivity index (χ2n) is 7.18. The largest absolute Gasteiger partial charge is 0.366 e. The summed E-state index contributed by atoms with van der Waals surface area (Å²) >= 11 is 12.5. The number of nitrogens with one attached hydrogen (secondary N) is 2. The summed E-state index contributed by atoms with van der Waals surface area (Å²) < 4.78 is 27.5. The number of hydrogen-bond acceptors (Lipinski definition) is 6. The van der Waals surface area contributed by atoms with Crippen LogP contribution in [0.15, 0.2) is 18.2 Å². The summed E-state index contributed by atoms with van der Waals surface area (Å²) in [4.78, 5) is 14.2. The van der Waals surface area contributed by atoms with Crippen LogP contribution >= 0.6 is 23.2 Å². The van der Waals surface area contributed by atoms with E-state index >= 15 is 0 Å². The van der Waals surface area contributed by atoms with E-state index in [1.54, 1.807) is 23.7 Å². The Balaban J connectivity index is 1.71. The molecule has 2 aliphatic heterocycles. The van der Waals surface area contributed by atoms with Crippen molar-refractivity contribution in [1.29, 1.82) is 0 Å². The molecule has 0 radical (unpaired) electrons. The predicted molar refractivity (Wildman–Crippen MR) is 109 cm³/mol. The van der Waals surface area contributed by atoms with Gasteiger partial charge in [0.1, 0.15) is 0 Å². The van der Waals surface area contributed by atoms with Crippen LogP contribution in [-0.4, -0.2) is 68.9 Å². The molecule has 1 aromatic carbocycles. The quantitative estimate of drug-likeness (QED) is 0.461. The van der Waals surface area contributed by atoms with Gasteiger partial charge in [-0.25, -0.2) is 13.9 Å². The van der Waals surface area contributed by atoms with Crippen molar-refractivity contribution in [3.63, 3.8) is 0 Å². The average Bonchev–Trinajstić information content (AvgIpc) is 2.68. The molecule has 0 unspecified atom stereocenters. The molecule has 0 saturated carbocycles. The number of nitrogens with zero attached hydrogens (tertiary/aromatic N) is 2. The second kappa shape index (κ2) is 8.73. The van der Waals surface area contributed by atoms with Gasteiger partial charge in [0, 0.05) is 26.2 Å². The van der Waals surface area contributed by atoms with Crippen LogP contribution in [0.25, 0.3) is 0 Å². The van der Waals surface area contributed by atoms with Gasteiger partial charge in [-0.2, -0.15) is 4.31 Å². The molecule has 2 heterocycles.